The number of nitrogens with one attached hydrogen (secondary N) is 1. The number of fused-ring (bicyclic) bond motifs is 1. The Kier molecular flexibility index (Phi) is 3.75. The molecule has 0 aliphatic carbocycles. The Labute approximate surface area is 149 Å². The van der Waals surface area contributed by atoms with Gasteiger partial charge in [-0.1, -0.05) is 6.07 Å². The molecule has 25 heavy (non-hydrogen) atoms. The van der Waals surface area contributed by atoms with Crippen LogP contribution in [0.4, 0.5) is 5.69 Å². The SMILES string of the molecule is Cc1ccc(NC(=O)[C@@H]2CS[C@@]3(C)CCC(=O)N23)cc1-n1cnnn1. The number of nitrogens with zero attached hydrogens (tertiary/aromatic N) is 5. The lowest BCUT2D eigenvalue weighted by atomic mass is 10.1. The van der Waals surface area contributed by atoms with Crippen molar-refractivity contribution in [1.82, 2.24) is 25.1 Å². The first-order chi connectivity index (χ1) is 12.0. The van der Waals surface area contributed by atoms with Crippen LogP contribution in [0.25, 0.3) is 5.69 Å². The molecule has 2 aliphatic rings. The smallest absolute Gasteiger partial charge is 0.248 e. The van der Waals surface area contributed by atoms with Crippen LogP contribution in [0.15, 0.2) is 24.5 Å². The minimum absolute atomic E-state index is 0.0611. The minimum Gasteiger partial charge on any atom is -0.324 e. The fraction of sp³-hybridized carbons (Fsp3) is 0.438. The summed E-state index contributed by atoms with van der Waals surface area (Å²) < 4.78 is 1.55. The highest BCUT2D eigenvalue weighted by Gasteiger charge is 2.52. The summed E-state index contributed by atoms with van der Waals surface area (Å²) in [6.45, 7) is 3.99. The van der Waals surface area contributed by atoms with Crippen LogP contribution in [0.1, 0.15) is 25.3 Å². The molecular weight excluding hydrogens is 340 g/mol. The van der Waals surface area contributed by atoms with Gasteiger partial charge in [0.2, 0.25) is 11.8 Å². The minimum atomic E-state index is -0.428. The predicted molar refractivity (Wildman–Crippen MR) is 93.3 cm³/mol. The van der Waals surface area contributed by atoms with Gasteiger partial charge in [0.15, 0.2) is 0 Å². The number of thioether (sulfide) groups is 1. The number of hydrogen-bond donors (Lipinski definition) is 1. The van der Waals surface area contributed by atoms with Crippen LogP contribution in [-0.4, -0.2) is 53.6 Å². The van der Waals surface area contributed by atoms with Gasteiger partial charge in [-0.15, -0.1) is 16.9 Å². The van der Waals surface area contributed by atoms with Crippen molar-refractivity contribution in [3.8, 4) is 5.69 Å². The Balaban J connectivity index is 1.56. The van der Waals surface area contributed by atoms with Gasteiger partial charge in [0.25, 0.3) is 0 Å². The van der Waals surface area contributed by atoms with Crippen molar-refractivity contribution in [1.29, 1.82) is 0 Å². The van der Waals surface area contributed by atoms with Crippen molar-refractivity contribution in [2.75, 3.05) is 11.1 Å². The Morgan fingerprint density at radius 1 is 1.44 bits per heavy atom. The lowest BCUT2D eigenvalue weighted by Crippen LogP contribution is -2.48. The molecule has 2 saturated heterocycles. The van der Waals surface area contributed by atoms with Gasteiger partial charge in [0.1, 0.15) is 12.4 Å². The summed E-state index contributed by atoms with van der Waals surface area (Å²) in [5.41, 5.74) is 2.45. The third-order valence-electron chi connectivity index (χ3n) is 4.82. The van der Waals surface area contributed by atoms with Crippen LogP contribution < -0.4 is 5.32 Å². The number of amides is 2. The van der Waals surface area contributed by atoms with Crippen molar-refractivity contribution >= 4 is 29.3 Å². The summed E-state index contributed by atoms with van der Waals surface area (Å²) in [6.07, 6.45) is 2.82. The molecule has 1 aromatic carbocycles. The number of rotatable bonds is 3. The van der Waals surface area contributed by atoms with E-state index in [-0.39, 0.29) is 16.7 Å². The molecule has 9 heteroatoms. The van der Waals surface area contributed by atoms with E-state index in [1.165, 1.54) is 6.33 Å². The van der Waals surface area contributed by atoms with E-state index in [4.69, 9.17) is 0 Å². The van der Waals surface area contributed by atoms with E-state index >= 15 is 0 Å². The third-order valence-corrected chi connectivity index (χ3v) is 6.33. The van der Waals surface area contributed by atoms with Crippen LogP contribution in [0.5, 0.6) is 0 Å². The van der Waals surface area contributed by atoms with Crippen LogP contribution in [0, 0.1) is 6.92 Å². The molecule has 2 aromatic rings. The van der Waals surface area contributed by atoms with E-state index in [9.17, 15) is 9.59 Å². The number of carbonyl (C=O) groups excluding carboxylic acids is 2. The molecule has 2 aliphatic heterocycles. The van der Waals surface area contributed by atoms with E-state index in [0.717, 1.165) is 17.7 Å². The van der Waals surface area contributed by atoms with Gasteiger partial charge in [0.05, 0.1) is 10.6 Å². The van der Waals surface area contributed by atoms with Crippen LogP contribution in [-0.2, 0) is 9.59 Å². The summed E-state index contributed by atoms with van der Waals surface area (Å²) in [6, 6.07) is 5.15. The number of tetrazole rings is 1. The second-order valence-electron chi connectivity index (χ2n) is 6.51. The van der Waals surface area contributed by atoms with E-state index in [1.807, 2.05) is 32.0 Å². The maximum absolute atomic E-state index is 12.8. The van der Waals surface area contributed by atoms with Gasteiger partial charge in [0, 0.05) is 17.9 Å². The Hall–Kier alpha value is -2.42. The topological polar surface area (TPSA) is 93.0 Å². The summed E-state index contributed by atoms with van der Waals surface area (Å²) >= 11 is 1.68. The normalized spacial score (nSPS) is 25.3. The molecule has 1 N–H and O–H groups in total. The highest BCUT2D eigenvalue weighted by molar-refractivity contribution is 8.01. The fourth-order valence-electron chi connectivity index (χ4n) is 3.45. The molecule has 2 atom stereocenters. The Morgan fingerprint density at radius 2 is 2.28 bits per heavy atom. The molecule has 1 aromatic heterocycles. The van der Waals surface area contributed by atoms with Crippen LogP contribution >= 0.6 is 11.8 Å². The number of carbonyl (C=O) groups is 2. The average molecular weight is 358 g/mol. The van der Waals surface area contributed by atoms with Gasteiger partial charge in [-0.05, 0) is 48.4 Å². The summed E-state index contributed by atoms with van der Waals surface area (Å²) in [5.74, 6) is 0.531. The van der Waals surface area contributed by atoms with Gasteiger partial charge in [-0.2, -0.15) is 0 Å². The molecule has 0 bridgehead atoms. The third kappa shape index (κ3) is 2.68. The van der Waals surface area contributed by atoms with Gasteiger partial charge < -0.3 is 10.2 Å². The lowest BCUT2D eigenvalue weighted by molar-refractivity contribution is -0.135. The number of hydrogen-bond acceptors (Lipinski definition) is 6. The zero-order valence-electron chi connectivity index (χ0n) is 14.0. The zero-order chi connectivity index (χ0) is 17.6. The molecular formula is C16H18N6O2S. The monoisotopic (exact) mass is 358 g/mol. The molecule has 0 spiro atoms. The Morgan fingerprint density at radius 3 is 3.04 bits per heavy atom. The molecule has 0 unspecified atom stereocenters. The van der Waals surface area contributed by atoms with E-state index < -0.39 is 6.04 Å². The number of aryl methyl sites for hydroxylation is 1. The molecule has 2 fully saturated rings. The maximum Gasteiger partial charge on any atom is 0.248 e. The summed E-state index contributed by atoms with van der Waals surface area (Å²) in [7, 11) is 0. The van der Waals surface area contributed by atoms with Gasteiger partial charge in [-0.3, -0.25) is 9.59 Å². The van der Waals surface area contributed by atoms with E-state index in [0.29, 0.717) is 17.9 Å². The second kappa shape index (κ2) is 5.83. The first-order valence-corrected chi connectivity index (χ1v) is 9.07. The van der Waals surface area contributed by atoms with Gasteiger partial charge in [-0.25, -0.2) is 4.68 Å². The Bertz CT molecular complexity index is 839. The molecule has 8 nitrogen and oxygen atoms in total. The van der Waals surface area contributed by atoms with Crippen molar-refractivity contribution in [2.24, 2.45) is 0 Å². The standard InChI is InChI=1S/C16H18N6O2S/c1-10-3-4-11(7-12(10)21-9-17-19-20-21)18-15(24)13-8-25-16(2)6-5-14(23)22(13)16/h3-4,7,9,13H,5-6,8H2,1-2H3,(H,18,24)/t13-,16-/m0/s1. The average Bonchev–Trinajstić information content (AvgIpc) is 3.28. The molecule has 130 valence electrons. The van der Waals surface area contributed by atoms with Crippen molar-refractivity contribution in [3.63, 3.8) is 0 Å². The maximum atomic E-state index is 12.8. The van der Waals surface area contributed by atoms with E-state index in [2.05, 4.69) is 20.8 Å². The number of anilines is 1. The zero-order valence-corrected chi connectivity index (χ0v) is 14.8. The first kappa shape index (κ1) is 16.1. The summed E-state index contributed by atoms with van der Waals surface area (Å²) in [5, 5.41) is 14.1. The number of aromatic nitrogens is 4. The fourth-order valence-corrected chi connectivity index (χ4v) is 4.88. The van der Waals surface area contributed by atoms with Crippen molar-refractivity contribution in [3.05, 3.63) is 30.1 Å². The molecule has 2 amide bonds. The molecule has 3 heterocycles. The largest absolute Gasteiger partial charge is 0.324 e. The first-order valence-electron chi connectivity index (χ1n) is 8.09. The molecule has 4 rings (SSSR count). The summed E-state index contributed by atoms with van der Waals surface area (Å²) in [4.78, 5) is 26.5. The lowest BCUT2D eigenvalue weighted by Gasteiger charge is -2.29. The molecule has 0 radical (unpaired) electrons. The highest BCUT2D eigenvalue weighted by atomic mass is 32.2. The number of benzene rings is 1. The van der Waals surface area contributed by atoms with Gasteiger partial charge >= 0.3 is 0 Å². The quantitative estimate of drug-likeness (QED) is 0.891. The second-order valence-corrected chi connectivity index (χ2v) is 8.01. The highest BCUT2D eigenvalue weighted by Crippen LogP contribution is 2.47. The predicted octanol–water partition coefficient (Wildman–Crippen LogP) is 1.36. The van der Waals surface area contributed by atoms with Crippen LogP contribution in [0.2, 0.25) is 0 Å². The van der Waals surface area contributed by atoms with Crippen molar-refractivity contribution < 1.29 is 9.59 Å². The molecule has 0 saturated carbocycles. The van der Waals surface area contributed by atoms with Crippen LogP contribution in [0.3, 0.4) is 0 Å². The van der Waals surface area contributed by atoms with E-state index in [1.54, 1.807) is 21.3 Å². The van der Waals surface area contributed by atoms with Crippen molar-refractivity contribution in [2.45, 2.75) is 37.6 Å².